The lowest BCUT2D eigenvalue weighted by Gasteiger charge is -2.28. The van der Waals surface area contributed by atoms with Gasteiger partial charge in [-0.25, -0.2) is 9.50 Å². The first-order valence-electron chi connectivity index (χ1n) is 8.28. The maximum atomic E-state index is 13.2. The third-order valence-electron chi connectivity index (χ3n) is 5.18. The number of likely N-dealkylation sites (tertiary alicyclic amines) is 1. The molecule has 122 valence electrons. The summed E-state index contributed by atoms with van der Waals surface area (Å²) < 4.78 is 1.74. The summed E-state index contributed by atoms with van der Waals surface area (Å²) in [7, 11) is 0. The van der Waals surface area contributed by atoms with Gasteiger partial charge >= 0.3 is 0 Å². The molecule has 0 bridgehead atoms. The summed E-state index contributed by atoms with van der Waals surface area (Å²) in [6.07, 6.45) is 3.42. The van der Waals surface area contributed by atoms with Gasteiger partial charge in [0, 0.05) is 17.9 Å². The average Bonchev–Trinajstić information content (AvgIpc) is 2.94. The van der Waals surface area contributed by atoms with E-state index in [0.717, 1.165) is 37.1 Å². The quantitative estimate of drug-likeness (QED) is 0.917. The minimum Gasteiger partial charge on any atom is -0.388 e. The van der Waals surface area contributed by atoms with Crippen LogP contribution in [0.4, 0.5) is 0 Å². The molecule has 0 radical (unpaired) electrons. The van der Waals surface area contributed by atoms with Crippen LogP contribution in [0, 0.1) is 20.8 Å². The van der Waals surface area contributed by atoms with Crippen LogP contribution in [0.5, 0.6) is 0 Å². The predicted molar refractivity (Wildman–Crippen MR) is 85.4 cm³/mol. The first kappa shape index (κ1) is 14.6. The van der Waals surface area contributed by atoms with E-state index in [2.05, 4.69) is 10.1 Å². The van der Waals surface area contributed by atoms with Gasteiger partial charge < -0.3 is 10.0 Å². The van der Waals surface area contributed by atoms with Crippen LogP contribution in [0.2, 0.25) is 0 Å². The molecular weight excluding hydrogens is 292 g/mol. The molecule has 3 heterocycles. The van der Waals surface area contributed by atoms with Gasteiger partial charge in [0.1, 0.15) is 5.56 Å². The standard InChI is InChI=1S/C17H22N4O2/c1-10-9-11(2)21-15(18-10)14(12(3)19-21)16(22)20-8-4-5-13(20)17(23)6-7-17/h9,13,23H,4-8H2,1-3H3. The van der Waals surface area contributed by atoms with Crippen LogP contribution in [0.25, 0.3) is 5.65 Å². The third kappa shape index (κ3) is 2.16. The van der Waals surface area contributed by atoms with E-state index in [1.807, 2.05) is 31.7 Å². The number of aliphatic hydroxyl groups is 1. The molecule has 6 heteroatoms. The summed E-state index contributed by atoms with van der Waals surface area (Å²) in [6.45, 7) is 6.45. The van der Waals surface area contributed by atoms with Crippen molar-refractivity contribution in [3.05, 3.63) is 28.7 Å². The second kappa shape index (κ2) is 4.77. The SMILES string of the molecule is Cc1cc(C)n2nc(C)c(C(=O)N3CCCC3C3(O)CC3)c2n1. The summed E-state index contributed by atoms with van der Waals surface area (Å²) in [6, 6.07) is 1.90. The Labute approximate surface area is 135 Å². The molecule has 2 fully saturated rings. The lowest BCUT2D eigenvalue weighted by Crippen LogP contribution is -2.44. The molecule has 2 aromatic heterocycles. The van der Waals surface area contributed by atoms with E-state index < -0.39 is 5.60 Å². The zero-order chi connectivity index (χ0) is 16.4. The summed E-state index contributed by atoms with van der Waals surface area (Å²) in [5, 5.41) is 15.0. The number of rotatable bonds is 2. The fourth-order valence-corrected chi connectivity index (χ4v) is 3.85. The molecule has 6 nitrogen and oxygen atoms in total. The van der Waals surface area contributed by atoms with Crippen LogP contribution in [0.15, 0.2) is 6.07 Å². The number of hydrogen-bond donors (Lipinski definition) is 1. The monoisotopic (exact) mass is 314 g/mol. The smallest absolute Gasteiger partial charge is 0.259 e. The molecule has 1 unspecified atom stereocenters. The largest absolute Gasteiger partial charge is 0.388 e. The molecule has 2 aliphatic rings. The molecule has 1 saturated heterocycles. The highest BCUT2D eigenvalue weighted by atomic mass is 16.3. The van der Waals surface area contributed by atoms with Crippen molar-refractivity contribution in [3.8, 4) is 0 Å². The molecule has 1 saturated carbocycles. The lowest BCUT2D eigenvalue weighted by molar-refractivity contribution is 0.0387. The minimum atomic E-state index is -0.664. The van der Waals surface area contributed by atoms with Gasteiger partial charge in [0.25, 0.3) is 5.91 Å². The predicted octanol–water partition coefficient (Wildman–Crippen LogP) is 1.78. The van der Waals surface area contributed by atoms with Crippen molar-refractivity contribution in [2.75, 3.05) is 6.54 Å². The van der Waals surface area contributed by atoms with E-state index in [0.29, 0.717) is 23.4 Å². The highest BCUT2D eigenvalue weighted by Gasteiger charge is 2.53. The first-order chi connectivity index (χ1) is 10.9. The number of carbonyl (C=O) groups is 1. The minimum absolute atomic E-state index is 0.0437. The Balaban J connectivity index is 1.79. The molecule has 23 heavy (non-hydrogen) atoms. The Kier molecular flexibility index (Phi) is 3.04. The molecule has 1 N–H and O–H groups in total. The van der Waals surface area contributed by atoms with Crippen LogP contribution in [0.3, 0.4) is 0 Å². The van der Waals surface area contributed by atoms with Gasteiger partial charge in [0.05, 0.1) is 17.3 Å². The summed E-state index contributed by atoms with van der Waals surface area (Å²) in [4.78, 5) is 19.6. The number of hydrogen-bond acceptors (Lipinski definition) is 4. The van der Waals surface area contributed by atoms with Gasteiger partial charge in [-0.05, 0) is 52.5 Å². The fourth-order valence-electron chi connectivity index (χ4n) is 3.85. The zero-order valence-electron chi connectivity index (χ0n) is 13.8. The van der Waals surface area contributed by atoms with Crippen molar-refractivity contribution in [1.82, 2.24) is 19.5 Å². The number of aryl methyl sites for hydroxylation is 3. The maximum absolute atomic E-state index is 13.2. The number of aromatic nitrogens is 3. The molecule has 0 spiro atoms. The maximum Gasteiger partial charge on any atom is 0.259 e. The summed E-state index contributed by atoms with van der Waals surface area (Å²) in [5.74, 6) is -0.0437. The van der Waals surface area contributed by atoms with E-state index in [1.165, 1.54) is 0 Å². The number of carbonyl (C=O) groups excluding carboxylic acids is 1. The highest BCUT2D eigenvalue weighted by molar-refractivity contribution is 6.01. The highest BCUT2D eigenvalue weighted by Crippen LogP contribution is 2.45. The molecule has 0 aromatic carbocycles. The van der Waals surface area contributed by atoms with Crippen molar-refractivity contribution in [2.24, 2.45) is 0 Å². The van der Waals surface area contributed by atoms with Crippen molar-refractivity contribution in [1.29, 1.82) is 0 Å². The van der Waals surface area contributed by atoms with Crippen molar-refractivity contribution in [2.45, 2.75) is 58.1 Å². The number of nitrogens with zero attached hydrogens (tertiary/aromatic N) is 4. The Morgan fingerprint density at radius 3 is 2.78 bits per heavy atom. The van der Waals surface area contributed by atoms with Crippen molar-refractivity contribution in [3.63, 3.8) is 0 Å². The van der Waals surface area contributed by atoms with Gasteiger partial charge in [-0.3, -0.25) is 4.79 Å². The molecule has 2 aromatic rings. The summed E-state index contributed by atoms with van der Waals surface area (Å²) >= 11 is 0. The Morgan fingerprint density at radius 1 is 1.35 bits per heavy atom. The van der Waals surface area contributed by atoms with Gasteiger partial charge in [-0.15, -0.1) is 0 Å². The number of amides is 1. The van der Waals surface area contributed by atoms with Crippen LogP contribution in [-0.2, 0) is 0 Å². The normalized spacial score (nSPS) is 22.8. The third-order valence-corrected chi connectivity index (χ3v) is 5.18. The van der Waals surface area contributed by atoms with E-state index in [-0.39, 0.29) is 11.9 Å². The molecule has 4 rings (SSSR count). The van der Waals surface area contributed by atoms with Gasteiger partial charge in [0.2, 0.25) is 0 Å². The van der Waals surface area contributed by atoms with Crippen LogP contribution in [0.1, 0.15) is 53.1 Å². The van der Waals surface area contributed by atoms with E-state index in [4.69, 9.17) is 0 Å². The fraction of sp³-hybridized carbons (Fsp3) is 0.588. The second-order valence-electron chi connectivity index (χ2n) is 6.99. The first-order valence-corrected chi connectivity index (χ1v) is 8.28. The second-order valence-corrected chi connectivity index (χ2v) is 6.99. The summed E-state index contributed by atoms with van der Waals surface area (Å²) in [5.41, 5.74) is 3.08. The van der Waals surface area contributed by atoms with Crippen LogP contribution < -0.4 is 0 Å². The van der Waals surface area contributed by atoms with Crippen LogP contribution in [-0.4, -0.2) is 48.7 Å². The molecule has 1 atom stereocenters. The zero-order valence-corrected chi connectivity index (χ0v) is 13.8. The Hall–Kier alpha value is -1.95. The van der Waals surface area contributed by atoms with E-state index >= 15 is 0 Å². The Morgan fingerprint density at radius 2 is 2.09 bits per heavy atom. The Bertz CT molecular complexity index is 807. The molecular formula is C17H22N4O2. The van der Waals surface area contributed by atoms with Crippen molar-refractivity contribution < 1.29 is 9.90 Å². The average molecular weight is 314 g/mol. The lowest BCUT2D eigenvalue weighted by atomic mass is 10.1. The van der Waals surface area contributed by atoms with E-state index in [1.54, 1.807) is 4.52 Å². The molecule has 1 aliphatic heterocycles. The van der Waals surface area contributed by atoms with Gasteiger partial charge in [-0.2, -0.15) is 5.10 Å². The molecule has 1 amide bonds. The van der Waals surface area contributed by atoms with Crippen LogP contribution >= 0.6 is 0 Å². The van der Waals surface area contributed by atoms with E-state index in [9.17, 15) is 9.90 Å². The van der Waals surface area contributed by atoms with Crippen molar-refractivity contribution >= 4 is 11.6 Å². The van der Waals surface area contributed by atoms with Gasteiger partial charge in [0.15, 0.2) is 5.65 Å². The topological polar surface area (TPSA) is 70.7 Å². The molecule has 1 aliphatic carbocycles. The van der Waals surface area contributed by atoms with Gasteiger partial charge in [-0.1, -0.05) is 0 Å². The number of fused-ring (bicyclic) bond motifs is 1.